The molecule has 0 atom stereocenters. The van der Waals surface area contributed by atoms with Crippen LogP contribution in [0.2, 0.25) is 10.0 Å². The standard InChI is InChI=1S/C21H19Cl2N3O/c22-15-7-6-8-16(13-15)26-20(21(27)25-11-4-1-5-12-25)14-19(24-26)17-9-2-3-10-18(17)23/h2-3,6-10,13-14H,1,4-5,11-12H2. The predicted octanol–water partition coefficient (Wildman–Crippen LogP) is 5.47. The van der Waals surface area contributed by atoms with E-state index in [1.165, 1.54) is 6.42 Å². The van der Waals surface area contributed by atoms with Gasteiger partial charge in [0.15, 0.2) is 0 Å². The predicted molar refractivity (Wildman–Crippen MR) is 109 cm³/mol. The minimum atomic E-state index is -0.0134. The van der Waals surface area contributed by atoms with Crippen LogP contribution in [-0.4, -0.2) is 33.7 Å². The summed E-state index contributed by atoms with van der Waals surface area (Å²) in [5, 5.41) is 5.89. The van der Waals surface area contributed by atoms with Gasteiger partial charge in [-0.3, -0.25) is 4.79 Å². The molecule has 0 aliphatic carbocycles. The van der Waals surface area contributed by atoms with Crippen molar-refractivity contribution in [2.75, 3.05) is 13.1 Å². The zero-order valence-corrected chi connectivity index (χ0v) is 16.2. The van der Waals surface area contributed by atoms with Gasteiger partial charge in [-0.1, -0.05) is 47.5 Å². The summed E-state index contributed by atoms with van der Waals surface area (Å²) in [6, 6.07) is 16.7. The lowest BCUT2D eigenvalue weighted by molar-refractivity contribution is 0.0715. The summed E-state index contributed by atoms with van der Waals surface area (Å²) in [6.07, 6.45) is 3.24. The topological polar surface area (TPSA) is 38.1 Å². The average Bonchev–Trinajstić information content (AvgIpc) is 3.13. The van der Waals surface area contributed by atoms with Crippen molar-refractivity contribution in [2.24, 2.45) is 0 Å². The van der Waals surface area contributed by atoms with Gasteiger partial charge in [-0.05, 0) is 49.6 Å². The second kappa shape index (κ2) is 7.75. The first-order chi connectivity index (χ1) is 13.1. The van der Waals surface area contributed by atoms with Gasteiger partial charge in [0.05, 0.1) is 16.4 Å². The Morgan fingerprint density at radius 2 is 1.70 bits per heavy atom. The van der Waals surface area contributed by atoms with Gasteiger partial charge in [0.1, 0.15) is 5.69 Å². The third kappa shape index (κ3) is 3.73. The second-order valence-electron chi connectivity index (χ2n) is 6.64. The first-order valence-corrected chi connectivity index (χ1v) is 9.79. The quantitative estimate of drug-likeness (QED) is 0.585. The van der Waals surface area contributed by atoms with Gasteiger partial charge in [-0.15, -0.1) is 0 Å². The second-order valence-corrected chi connectivity index (χ2v) is 7.48. The number of aromatic nitrogens is 2. The number of halogens is 2. The molecule has 0 spiro atoms. The van der Waals surface area contributed by atoms with Crippen molar-refractivity contribution < 1.29 is 4.79 Å². The summed E-state index contributed by atoms with van der Waals surface area (Å²) in [5.74, 6) is -0.0134. The largest absolute Gasteiger partial charge is 0.337 e. The molecule has 1 amide bonds. The van der Waals surface area contributed by atoms with E-state index in [4.69, 9.17) is 28.3 Å². The molecule has 1 fully saturated rings. The third-order valence-corrected chi connectivity index (χ3v) is 5.34. The molecular weight excluding hydrogens is 381 g/mol. The fourth-order valence-electron chi connectivity index (χ4n) is 3.40. The summed E-state index contributed by atoms with van der Waals surface area (Å²) in [6.45, 7) is 1.56. The molecule has 0 N–H and O–H groups in total. The van der Waals surface area contributed by atoms with Crippen molar-refractivity contribution in [1.29, 1.82) is 0 Å². The first kappa shape index (κ1) is 18.1. The molecule has 0 unspecified atom stereocenters. The molecular formula is C21H19Cl2N3O. The van der Waals surface area contributed by atoms with E-state index in [0.29, 0.717) is 21.4 Å². The highest BCUT2D eigenvalue weighted by atomic mass is 35.5. The van der Waals surface area contributed by atoms with Gasteiger partial charge in [0.2, 0.25) is 0 Å². The molecule has 2 heterocycles. The van der Waals surface area contributed by atoms with Crippen LogP contribution in [0.3, 0.4) is 0 Å². The zero-order chi connectivity index (χ0) is 18.8. The molecule has 27 heavy (non-hydrogen) atoms. The van der Waals surface area contributed by atoms with E-state index < -0.39 is 0 Å². The Bertz CT molecular complexity index is 977. The van der Waals surface area contributed by atoms with Gasteiger partial charge in [-0.25, -0.2) is 4.68 Å². The maximum absolute atomic E-state index is 13.2. The Balaban J connectivity index is 1.82. The van der Waals surface area contributed by atoms with Crippen LogP contribution in [0.1, 0.15) is 29.8 Å². The Hall–Kier alpha value is -2.30. The summed E-state index contributed by atoms with van der Waals surface area (Å²) in [7, 11) is 0. The highest BCUT2D eigenvalue weighted by Crippen LogP contribution is 2.29. The van der Waals surface area contributed by atoms with Gasteiger partial charge < -0.3 is 4.90 Å². The Labute approximate surface area is 168 Å². The SMILES string of the molecule is O=C(c1cc(-c2ccccc2Cl)nn1-c1cccc(Cl)c1)N1CCCCC1. The molecule has 3 aromatic rings. The van der Waals surface area contributed by atoms with E-state index in [1.807, 2.05) is 47.4 Å². The van der Waals surface area contributed by atoms with E-state index >= 15 is 0 Å². The number of likely N-dealkylation sites (tertiary alicyclic amines) is 1. The van der Waals surface area contributed by atoms with Crippen molar-refractivity contribution >= 4 is 29.1 Å². The van der Waals surface area contributed by atoms with E-state index in [0.717, 1.165) is 37.2 Å². The molecule has 1 saturated heterocycles. The minimum Gasteiger partial charge on any atom is -0.337 e. The fourth-order valence-corrected chi connectivity index (χ4v) is 3.81. The molecule has 6 heteroatoms. The van der Waals surface area contributed by atoms with Gasteiger partial charge >= 0.3 is 0 Å². The summed E-state index contributed by atoms with van der Waals surface area (Å²) in [4.78, 5) is 15.1. The molecule has 0 bridgehead atoms. The normalized spacial score (nSPS) is 14.4. The Kier molecular flexibility index (Phi) is 5.19. The molecule has 0 radical (unpaired) electrons. The lowest BCUT2D eigenvalue weighted by atomic mass is 10.1. The van der Waals surface area contributed by atoms with Crippen LogP contribution in [0.25, 0.3) is 16.9 Å². The van der Waals surface area contributed by atoms with E-state index in [2.05, 4.69) is 0 Å². The van der Waals surface area contributed by atoms with Crippen molar-refractivity contribution in [1.82, 2.24) is 14.7 Å². The maximum Gasteiger partial charge on any atom is 0.272 e. The van der Waals surface area contributed by atoms with Crippen LogP contribution in [0.5, 0.6) is 0 Å². The number of hydrogen-bond acceptors (Lipinski definition) is 2. The highest BCUT2D eigenvalue weighted by molar-refractivity contribution is 6.33. The van der Waals surface area contributed by atoms with Crippen LogP contribution in [0.15, 0.2) is 54.6 Å². The fraction of sp³-hybridized carbons (Fsp3) is 0.238. The number of nitrogens with zero attached hydrogens (tertiary/aromatic N) is 3. The van der Waals surface area contributed by atoms with Crippen molar-refractivity contribution in [3.05, 3.63) is 70.3 Å². The number of carbonyl (C=O) groups excluding carboxylic acids is 1. The number of carbonyl (C=O) groups is 1. The number of piperidine rings is 1. The van der Waals surface area contributed by atoms with Crippen LogP contribution < -0.4 is 0 Å². The Morgan fingerprint density at radius 3 is 2.44 bits per heavy atom. The average molecular weight is 400 g/mol. The molecule has 138 valence electrons. The Morgan fingerprint density at radius 1 is 0.926 bits per heavy atom. The maximum atomic E-state index is 13.2. The van der Waals surface area contributed by atoms with Gasteiger partial charge in [0.25, 0.3) is 5.91 Å². The number of rotatable bonds is 3. The summed E-state index contributed by atoms with van der Waals surface area (Å²) < 4.78 is 1.67. The van der Waals surface area contributed by atoms with E-state index in [-0.39, 0.29) is 5.91 Å². The molecule has 0 saturated carbocycles. The molecule has 2 aromatic carbocycles. The number of amides is 1. The smallest absolute Gasteiger partial charge is 0.272 e. The van der Waals surface area contributed by atoms with Crippen LogP contribution in [-0.2, 0) is 0 Å². The molecule has 4 nitrogen and oxygen atoms in total. The minimum absolute atomic E-state index is 0.0134. The van der Waals surface area contributed by atoms with Crippen molar-refractivity contribution in [2.45, 2.75) is 19.3 Å². The van der Waals surface area contributed by atoms with Gasteiger partial charge in [0, 0.05) is 23.7 Å². The molecule has 1 aromatic heterocycles. The van der Waals surface area contributed by atoms with Gasteiger partial charge in [-0.2, -0.15) is 5.10 Å². The van der Waals surface area contributed by atoms with Crippen LogP contribution in [0, 0.1) is 0 Å². The summed E-state index contributed by atoms with van der Waals surface area (Å²) in [5.41, 5.74) is 2.74. The molecule has 1 aliphatic rings. The highest BCUT2D eigenvalue weighted by Gasteiger charge is 2.24. The van der Waals surface area contributed by atoms with Crippen LogP contribution >= 0.6 is 23.2 Å². The number of benzene rings is 2. The zero-order valence-electron chi connectivity index (χ0n) is 14.7. The first-order valence-electron chi connectivity index (χ1n) is 9.04. The van der Waals surface area contributed by atoms with Crippen molar-refractivity contribution in [3.63, 3.8) is 0 Å². The van der Waals surface area contributed by atoms with Crippen LogP contribution in [0.4, 0.5) is 0 Å². The van der Waals surface area contributed by atoms with E-state index in [1.54, 1.807) is 16.8 Å². The number of hydrogen-bond donors (Lipinski definition) is 0. The molecule has 4 rings (SSSR count). The van der Waals surface area contributed by atoms with Crippen molar-refractivity contribution in [3.8, 4) is 16.9 Å². The third-order valence-electron chi connectivity index (χ3n) is 4.77. The lowest BCUT2D eigenvalue weighted by Gasteiger charge is -2.26. The monoisotopic (exact) mass is 399 g/mol. The summed E-state index contributed by atoms with van der Waals surface area (Å²) >= 11 is 12.5. The van der Waals surface area contributed by atoms with E-state index in [9.17, 15) is 4.79 Å². The molecule has 1 aliphatic heterocycles. The lowest BCUT2D eigenvalue weighted by Crippen LogP contribution is -2.36.